The van der Waals surface area contributed by atoms with Crippen LogP contribution in [0.4, 0.5) is 5.69 Å². The lowest BCUT2D eigenvalue weighted by Crippen LogP contribution is -2.34. The van der Waals surface area contributed by atoms with Gasteiger partial charge in [-0.05, 0) is 89.4 Å². The summed E-state index contributed by atoms with van der Waals surface area (Å²) in [5.74, 6) is 0.868. The third-order valence-electron chi connectivity index (χ3n) is 3.47. The van der Waals surface area contributed by atoms with Crippen molar-refractivity contribution in [2.75, 3.05) is 11.9 Å². The lowest BCUT2D eigenvalue weighted by atomic mass is 10.1. The van der Waals surface area contributed by atoms with Crippen LogP contribution >= 0.6 is 28.1 Å². The molecule has 4 nitrogen and oxygen atoms in total. The van der Waals surface area contributed by atoms with Crippen molar-refractivity contribution in [1.82, 2.24) is 5.32 Å². The molecule has 138 valence electrons. The zero-order valence-electron chi connectivity index (χ0n) is 15.4. The van der Waals surface area contributed by atoms with Gasteiger partial charge in [0.15, 0.2) is 5.11 Å². The van der Waals surface area contributed by atoms with E-state index in [4.69, 9.17) is 17.0 Å². The van der Waals surface area contributed by atoms with Crippen LogP contribution in [0.15, 0.2) is 40.9 Å². The topological polar surface area (TPSA) is 50.4 Å². The average Bonchev–Trinajstić information content (AvgIpc) is 2.52. The van der Waals surface area contributed by atoms with Gasteiger partial charge in [-0.25, -0.2) is 0 Å². The molecule has 0 heterocycles. The lowest BCUT2D eigenvalue weighted by molar-refractivity contribution is 0.0977. The maximum Gasteiger partial charge on any atom is 0.257 e. The predicted octanol–water partition coefficient (Wildman–Crippen LogP) is 5.23. The van der Waals surface area contributed by atoms with Crippen LogP contribution in [0.3, 0.4) is 0 Å². The van der Waals surface area contributed by atoms with E-state index in [1.807, 2.05) is 26.0 Å². The van der Waals surface area contributed by atoms with E-state index >= 15 is 0 Å². The average molecular weight is 435 g/mol. The van der Waals surface area contributed by atoms with Gasteiger partial charge in [-0.15, -0.1) is 0 Å². The number of halogens is 1. The van der Waals surface area contributed by atoms with Gasteiger partial charge in [0.1, 0.15) is 5.75 Å². The monoisotopic (exact) mass is 434 g/mol. The predicted molar refractivity (Wildman–Crippen MR) is 114 cm³/mol. The zero-order chi connectivity index (χ0) is 19.3. The highest BCUT2D eigenvalue weighted by atomic mass is 79.9. The Labute approximate surface area is 168 Å². The number of aryl methyl sites for hydroxylation is 2. The van der Waals surface area contributed by atoms with Crippen LogP contribution in [0.5, 0.6) is 5.75 Å². The van der Waals surface area contributed by atoms with E-state index in [9.17, 15) is 4.79 Å². The minimum Gasteiger partial charge on any atom is -0.492 e. The van der Waals surface area contributed by atoms with Gasteiger partial charge in [0.25, 0.3) is 5.91 Å². The largest absolute Gasteiger partial charge is 0.492 e. The molecule has 2 aromatic carbocycles. The van der Waals surface area contributed by atoms with E-state index in [-0.39, 0.29) is 11.0 Å². The quantitative estimate of drug-likeness (QED) is 0.632. The first-order valence-electron chi connectivity index (χ1n) is 8.37. The molecule has 0 aliphatic rings. The fourth-order valence-electron chi connectivity index (χ4n) is 2.40. The van der Waals surface area contributed by atoms with Crippen molar-refractivity contribution < 1.29 is 9.53 Å². The summed E-state index contributed by atoms with van der Waals surface area (Å²) in [7, 11) is 0. The Kier molecular flexibility index (Phi) is 7.17. The Morgan fingerprint density at radius 3 is 2.38 bits per heavy atom. The van der Waals surface area contributed by atoms with Crippen LogP contribution in [0.1, 0.15) is 35.3 Å². The van der Waals surface area contributed by atoms with E-state index in [1.165, 1.54) is 0 Å². The van der Waals surface area contributed by atoms with Crippen molar-refractivity contribution in [3.05, 3.63) is 57.6 Å². The molecule has 6 heteroatoms. The highest BCUT2D eigenvalue weighted by molar-refractivity contribution is 9.10. The number of benzene rings is 2. The van der Waals surface area contributed by atoms with Gasteiger partial charge in [-0.1, -0.05) is 19.9 Å². The van der Waals surface area contributed by atoms with Crippen molar-refractivity contribution in [3.8, 4) is 5.75 Å². The molecule has 2 rings (SSSR count). The van der Waals surface area contributed by atoms with Gasteiger partial charge in [0.2, 0.25) is 0 Å². The summed E-state index contributed by atoms with van der Waals surface area (Å²) < 4.78 is 6.43. The number of carbonyl (C=O) groups excluding carboxylic acids is 1. The summed E-state index contributed by atoms with van der Waals surface area (Å²) in [5, 5.41) is 6.01. The van der Waals surface area contributed by atoms with Gasteiger partial charge in [-0.3, -0.25) is 10.1 Å². The first-order chi connectivity index (χ1) is 12.2. The van der Waals surface area contributed by atoms with Gasteiger partial charge >= 0.3 is 0 Å². The van der Waals surface area contributed by atoms with Crippen LogP contribution in [-0.4, -0.2) is 17.6 Å². The molecule has 0 aliphatic carbocycles. The second-order valence-electron chi connectivity index (χ2n) is 6.63. The third-order valence-corrected chi connectivity index (χ3v) is 4.30. The summed E-state index contributed by atoms with van der Waals surface area (Å²) in [5.41, 5.74) is 3.61. The summed E-state index contributed by atoms with van der Waals surface area (Å²) in [4.78, 5) is 12.4. The van der Waals surface area contributed by atoms with Gasteiger partial charge in [0.05, 0.1) is 11.1 Å². The van der Waals surface area contributed by atoms with Crippen LogP contribution in [0.2, 0.25) is 0 Å². The molecular formula is C20H23BrN2O2S. The number of nitrogens with one attached hydrogen (secondary N) is 2. The standard InChI is InChI=1S/C20H23BrN2O2S/c1-12(2)11-25-18-6-5-15(10-17(18)21)19(24)23-20(26)22-16-8-13(3)7-14(4)9-16/h5-10,12H,11H2,1-4H3,(H2,22,23,24,26). The van der Waals surface area contributed by atoms with Gasteiger partial charge < -0.3 is 10.1 Å². The van der Waals surface area contributed by atoms with E-state index in [1.54, 1.807) is 18.2 Å². The maximum atomic E-state index is 12.4. The summed E-state index contributed by atoms with van der Waals surface area (Å²) in [6, 6.07) is 11.3. The highest BCUT2D eigenvalue weighted by Gasteiger charge is 2.11. The van der Waals surface area contributed by atoms with Crippen molar-refractivity contribution >= 4 is 44.9 Å². The molecule has 0 aromatic heterocycles. The van der Waals surface area contributed by atoms with Gasteiger partial charge in [0, 0.05) is 11.3 Å². The smallest absolute Gasteiger partial charge is 0.257 e. The second-order valence-corrected chi connectivity index (χ2v) is 7.90. The second kappa shape index (κ2) is 9.14. The number of thiocarbonyl (C=S) groups is 1. The molecule has 0 saturated heterocycles. The molecule has 0 spiro atoms. The maximum absolute atomic E-state index is 12.4. The van der Waals surface area contributed by atoms with Crippen LogP contribution in [0.25, 0.3) is 0 Å². The number of amides is 1. The molecule has 0 aliphatic heterocycles. The Bertz CT molecular complexity index is 801. The molecule has 2 aromatic rings. The van der Waals surface area contributed by atoms with Crippen molar-refractivity contribution in [3.63, 3.8) is 0 Å². The first kappa shape index (κ1) is 20.4. The SMILES string of the molecule is Cc1cc(C)cc(NC(=S)NC(=O)c2ccc(OCC(C)C)c(Br)c2)c1. The molecule has 0 unspecified atom stereocenters. The first-order valence-corrected chi connectivity index (χ1v) is 9.57. The minimum atomic E-state index is -0.275. The van der Waals surface area contributed by atoms with E-state index in [0.717, 1.165) is 21.3 Å². The summed E-state index contributed by atoms with van der Waals surface area (Å²) in [6.07, 6.45) is 0. The molecule has 2 N–H and O–H groups in total. The van der Waals surface area contributed by atoms with Crippen LogP contribution in [-0.2, 0) is 0 Å². The number of rotatable bonds is 5. The number of carbonyl (C=O) groups is 1. The van der Waals surface area contributed by atoms with E-state index in [0.29, 0.717) is 23.8 Å². The molecule has 1 amide bonds. The number of ether oxygens (including phenoxy) is 1. The Morgan fingerprint density at radius 2 is 1.81 bits per heavy atom. The molecule has 0 atom stereocenters. The minimum absolute atomic E-state index is 0.260. The van der Waals surface area contributed by atoms with Gasteiger partial charge in [-0.2, -0.15) is 0 Å². The number of hydrogen-bond acceptors (Lipinski definition) is 3. The Morgan fingerprint density at radius 1 is 1.15 bits per heavy atom. The van der Waals surface area contributed by atoms with Crippen LogP contribution in [0, 0.1) is 19.8 Å². The third kappa shape index (κ3) is 6.11. The normalized spacial score (nSPS) is 10.5. The molecule has 26 heavy (non-hydrogen) atoms. The number of anilines is 1. The fourth-order valence-corrected chi connectivity index (χ4v) is 3.10. The Balaban J connectivity index is 2.00. The fraction of sp³-hybridized carbons (Fsp3) is 0.300. The summed E-state index contributed by atoms with van der Waals surface area (Å²) >= 11 is 8.70. The summed E-state index contributed by atoms with van der Waals surface area (Å²) in [6.45, 7) is 8.81. The van der Waals surface area contributed by atoms with Crippen molar-refractivity contribution in [2.45, 2.75) is 27.7 Å². The molecule has 0 saturated carbocycles. The zero-order valence-corrected chi connectivity index (χ0v) is 17.8. The molecular weight excluding hydrogens is 412 g/mol. The van der Waals surface area contributed by atoms with Crippen molar-refractivity contribution in [1.29, 1.82) is 0 Å². The Hall–Kier alpha value is -1.92. The van der Waals surface area contributed by atoms with Crippen LogP contribution < -0.4 is 15.4 Å². The highest BCUT2D eigenvalue weighted by Crippen LogP contribution is 2.26. The molecule has 0 bridgehead atoms. The van der Waals surface area contributed by atoms with E-state index in [2.05, 4.69) is 46.5 Å². The molecule has 0 fully saturated rings. The lowest BCUT2D eigenvalue weighted by Gasteiger charge is -2.13. The number of hydrogen-bond donors (Lipinski definition) is 2. The van der Waals surface area contributed by atoms with E-state index < -0.39 is 0 Å². The van der Waals surface area contributed by atoms with Crippen molar-refractivity contribution in [2.24, 2.45) is 5.92 Å². The molecule has 0 radical (unpaired) electrons.